The molecule has 22 heavy (non-hydrogen) atoms. The maximum atomic E-state index is 11.8. The van der Waals surface area contributed by atoms with Gasteiger partial charge in [-0.25, -0.2) is 4.79 Å². The van der Waals surface area contributed by atoms with Crippen molar-refractivity contribution in [3.63, 3.8) is 0 Å². The first kappa shape index (κ1) is 16.0. The third-order valence-corrected chi connectivity index (χ3v) is 3.54. The number of aryl methyl sites for hydroxylation is 1. The number of rotatable bonds is 4. The van der Waals surface area contributed by atoms with Gasteiger partial charge in [0.05, 0.1) is 11.3 Å². The van der Waals surface area contributed by atoms with E-state index in [1.807, 2.05) is 19.1 Å². The average molecular weight is 363 g/mol. The first-order valence-corrected chi connectivity index (χ1v) is 7.33. The maximum absolute atomic E-state index is 11.8. The first-order chi connectivity index (χ1) is 10.5. The smallest absolute Gasteiger partial charge is 0.338 e. The van der Waals surface area contributed by atoms with Gasteiger partial charge in [0.15, 0.2) is 6.61 Å². The van der Waals surface area contributed by atoms with E-state index in [-0.39, 0.29) is 6.61 Å². The van der Waals surface area contributed by atoms with E-state index in [1.54, 1.807) is 30.3 Å². The first-order valence-electron chi connectivity index (χ1n) is 6.54. The van der Waals surface area contributed by atoms with Gasteiger partial charge < -0.3 is 15.8 Å². The Labute approximate surface area is 136 Å². The average Bonchev–Trinajstić information content (AvgIpc) is 2.48. The molecule has 0 fully saturated rings. The lowest BCUT2D eigenvalue weighted by atomic mass is 10.2. The summed E-state index contributed by atoms with van der Waals surface area (Å²) in [7, 11) is 0. The van der Waals surface area contributed by atoms with Crippen LogP contribution in [-0.2, 0) is 9.53 Å². The summed E-state index contributed by atoms with van der Waals surface area (Å²) in [6.07, 6.45) is 0. The molecular weight excluding hydrogens is 348 g/mol. The molecule has 0 atom stereocenters. The van der Waals surface area contributed by atoms with Gasteiger partial charge in [0.2, 0.25) is 0 Å². The molecule has 0 saturated carbocycles. The molecule has 0 bridgehead atoms. The fraction of sp³-hybridized carbons (Fsp3) is 0.125. The van der Waals surface area contributed by atoms with Gasteiger partial charge in [0, 0.05) is 10.2 Å². The van der Waals surface area contributed by atoms with Crippen LogP contribution in [0.4, 0.5) is 11.4 Å². The highest BCUT2D eigenvalue weighted by Crippen LogP contribution is 2.23. The Kier molecular flexibility index (Phi) is 5.16. The Hall–Kier alpha value is -2.34. The van der Waals surface area contributed by atoms with Crippen LogP contribution in [0.2, 0.25) is 0 Å². The topological polar surface area (TPSA) is 81.4 Å². The van der Waals surface area contributed by atoms with Crippen LogP contribution in [-0.4, -0.2) is 18.5 Å². The van der Waals surface area contributed by atoms with Crippen molar-refractivity contribution in [1.29, 1.82) is 0 Å². The third kappa shape index (κ3) is 4.33. The summed E-state index contributed by atoms with van der Waals surface area (Å²) < 4.78 is 5.73. The monoisotopic (exact) mass is 362 g/mol. The van der Waals surface area contributed by atoms with Crippen LogP contribution in [0.15, 0.2) is 46.9 Å². The predicted molar refractivity (Wildman–Crippen MR) is 88.6 cm³/mol. The number of anilines is 2. The molecule has 114 valence electrons. The summed E-state index contributed by atoms with van der Waals surface area (Å²) in [4.78, 5) is 23.6. The van der Waals surface area contributed by atoms with Crippen molar-refractivity contribution >= 4 is 39.2 Å². The van der Waals surface area contributed by atoms with E-state index in [9.17, 15) is 9.59 Å². The molecule has 0 unspecified atom stereocenters. The Bertz CT molecular complexity index is 699. The SMILES string of the molecule is Cc1ccc(NC(=O)COC(=O)c2ccc(N)cc2)c(Br)c1. The molecule has 3 N–H and O–H groups in total. The van der Waals surface area contributed by atoms with Crippen LogP contribution < -0.4 is 11.1 Å². The molecular formula is C16H15BrN2O3. The minimum absolute atomic E-state index is 0.346. The number of esters is 1. The zero-order chi connectivity index (χ0) is 16.1. The molecule has 0 aliphatic rings. The van der Waals surface area contributed by atoms with E-state index in [1.165, 1.54) is 0 Å². The number of hydrogen-bond donors (Lipinski definition) is 2. The molecule has 0 aliphatic carbocycles. The van der Waals surface area contributed by atoms with E-state index in [2.05, 4.69) is 21.2 Å². The number of benzene rings is 2. The molecule has 0 radical (unpaired) electrons. The van der Waals surface area contributed by atoms with Gasteiger partial charge in [-0.3, -0.25) is 4.79 Å². The van der Waals surface area contributed by atoms with E-state index in [0.717, 1.165) is 10.0 Å². The predicted octanol–water partition coefficient (Wildman–Crippen LogP) is 3.14. The molecule has 0 spiro atoms. The normalized spacial score (nSPS) is 10.1. The summed E-state index contributed by atoms with van der Waals surface area (Å²) in [5, 5.41) is 2.67. The molecule has 1 amide bonds. The number of nitrogens with two attached hydrogens (primary N) is 1. The summed E-state index contributed by atoms with van der Waals surface area (Å²) in [6.45, 7) is 1.59. The number of nitrogens with one attached hydrogen (secondary N) is 1. The number of ether oxygens (including phenoxy) is 1. The molecule has 0 heterocycles. The number of carbonyl (C=O) groups excluding carboxylic acids is 2. The van der Waals surface area contributed by atoms with Crippen LogP contribution >= 0.6 is 15.9 Å². The molecule has 2 aromatic rings. The van der Waals surface area contributed by atoms with Crippen LogP contribution in [0.1, 0.15) is 15.9 Å². The Morgan fingerprint density at radius 3 is 2.50 bits per heavy atom. The van der Waals surface area contributed by atoms with Crippen LogP contribution in [0, 0.1) is 6.92 Å². The molecule has 5 nitrogen and oxygen atoms in total. The van der Waals surface area contributed by atoms with Crippen molar-refractivity contribution in [1.82, 2.24) is 0 Å². The van der Waals surface area contributed by atoms with Crippen molar-refractivity contribution in [2.75, 3.05) is 17.7 Å². The highest BCUT2D eigenvalue weighted by Gasteiger charge is 2.11. The fourth-order valence-corrected chi connectivity index (χ4v) is 2.33. The zero-order valence-corrected chi connectivity index (χ0v) is 13.5. The van der Waals surface area contributed by atoms with Gasteiger partial charge in [-0.2, -0.15) is 0 Å². The van der Waals surface area contributed by atoms with Crippen LogP contribution in [0.5, 0.6) is 0 Å². The summed E-state index contributed by atoms with van der Waals surface area (Å²) >= 11 is 3.36. The molecule has 0 aromatic heterocycles. The quantitative estimate of drug-likeness (QED) is 0.646. The number of carbonyl (C=O) groups is 2. The van der Waals surface area contributed by atoms with Crippen molar-refractivity contribution in [2.45, 2.75) is 6.92 Å². The van der Waals surface area contributed by atoms with E-state index in [4.69, 9.17) is 10.5 Å². The standard InChI is InChI=1S/C16H15BrN2O3/c1-10-2-7-14(13(17)8-10)19-15(20)9-22-16(21)11-3-5-12(18)6-4-11/h2-8H,9,18H2,1H3,(H,19,20). The fourth-order valence-electron chi connectivity index (χ4n) is 1.74. The van der Waals surface area contributed by atoms with Crippen LogP contribution in [0.3, 0.4) is 0 Å². The van der Waals surface area contributed by atoms with Gasteiger partial charge in [-0.05, 0) is 64.8 Å². The number of halogens is 1. The van der Waals surface area contributed by atoms with Crippen molar-refractivity contribution in [3.8, 4) is 0 Å². The summed E-state index contributed by atoms with van der Waals surface area (Å²) in [6, 6.07) is 11.8. The number of nitrogen functional groups attached to an aromatic ring is 1. The highest BCUT2D eigenvalue weighted by atomic mass is 79.9. The maximum Gasteiger partial charge on any atom is 0.338 e. The Morgan fingerprint density at radius 1 is 1.18 bits per heavy atom. The summed E-state index contributed by atoms with van der Waals surface area (Å²) in [5.74, 6) is -0.980. The lowest BCUT2D eigenvalue weighted by molar-refractivity contribution is -0.119. The molecule has 2 rings (SSSR count). The van der Waals surface area contributed by atoms with Crippen molar-refractivity contribution in [3.05, 3.63) is 58.1 Å². The van der Waals surface area contributed by atoms with E-state index < -0.39 is 11.9 Å². The van der Waals surface area contributed by atoms with E-state index in [0.29, 0.717) is 16.9 Å². The minimum atomic E-state index is -0.571. The second-order valence-corrected chi connectivity index (χ2v) is 5.58. The molecule has 0 aliphatic heterocycles. The van der Waals surface area contributed by atoms with Crippen LogP contribution in [0.25, 0.3) is 0 Å². The molecule has 0 saturated heterocycles. The lowest BCUT2D eigenvalue weighted by Crippen LogP contribution is -2.21. The second kappa shape index (κ2) is 7.09. The third-order valence-electron chi connectivity index (χ3n) is 2.88. The minimum Gasteiger partial charge on any atom is -0.452 e. The van der Waals surface area contributed by atoms with Gasteiger partial charge in [-0.1, -0.05) is 6.07 Å². The number of amides is 1. The zero-order valence-electron chi connectivity index (χ0n) is 11.9. The lowest BCUT2D eigenvalue weighted by Gasteiger charge is -2.09. The van der Waals surface area contributed by atoms with Gasteiger partial charge in [-0.15, -0.1) is 0 Å². The Balaban J connectivity index is 1.89. The van der Waals surface area contributed by atoms with Gasteiger partial charge in [0.1, 0.15) is 0 Å². The van der Waals surface area contributed by atoms with Gasteiger partial charge in [0.25, 0.3) is 5.91 Å². The molecule has 2 aromatic carbocycles. The van der Waals surface area contributed by atoms with Crippen molar-refractivity contribution < 1.29 is 14.3 Å². The van der Waals surface area contributed by atoms with Crippen molar-refractivity contribution in [2.24, 2.45) is 0 Å². The summed E-state index contributed by atoms with van der Waals surface area (Å²) in [5.41, 5.74) is 8.13. The second-order valence-electron chi connectivity index (χ2n) is 4.73. The van der Waals surface area contributed by atoms with E-state index >= 15 is 0 Å². The van der Waals surface area contributed by atoms with Gasteiger partial charge >= 0.3 is 5.97 Å². The molecule has 6 heteroatoms. The highest BCUT2D eigenvalue weighted by molar-refractivity contribution is 9.10. The number of hydrogen-bond acceptors (Lipinski definition) is 4. The largest absolute Gasteiger partial charge is 0.452 e. The Morgan fingerprint density at radius 2 is 1.86 bits per heavy atom.